The summed E-state index contributed by atoms with van der Waals surface area (Å²) in [6.45, 7) is 4.65. The fraction of sp³-hybridized carbons (Fsp3) is 0.357. The van der Waals surface area contributed by atoms with Crippen molar-refractivity contribution < 1.29 is 9.53 Å². The molecule has 0 saturated heterocycles. The lowest BCUT2D eigenvalue weighted by molar-refractivity contribution is 0.0961. The van der Waals surface area contributed by atoms with Crippen molar-refractivity contribution in [3.05, 3.63) is 29.7 Å². The van der Waals surface area contributed by atoms with Crippen LogP contribution in [0.1, 0.15) is 36.1 Å². The van der Waals surface area contributed by atoms with Gasteiger partial charge in [-0.1, -0.05) is 0 Å². The molecule has 0 radical (unpaired) electrons. The van der Waals surface area contributed by atoms with Crippen molar-refractivity contribution in [3.63, 3.8) is 0 Å². The second-order valence-electron chi connectivity index (χ2n) is 4.94. The van der Waals surface area contributed by atoms with Crippen LogP contribution in [0.15, 0.2) is 18.3 Å². The smallest absolute Gasteiger partial charge is 0.272 e. The number of methoxy groups -OCH3 is 1. The highest BCUT2D eigenvalue weighted by atomic mass is 16.5. The number of ether oxygens (including phenoxy) is 1. The number of carbonyl (C=O) groups is 1. The molecule has 1 aliphatic heterocycles. The van der Waals surface area contributed by atoms with Gasteiger partial charge in [-0.15, -0.1) is 0 Å². The molecule has 0 aliphatic carbocycles. The summed E-state index contributed by atoms with van der Waals surface area (Å²) in [6.07, 6.45) is 1.67. The first-order valence-electron chi connectivity index (χ1n) is 6.52. The lowest BCUT2D eigenvalue weighted by Gasteiger charge is -2.15. The van der Waals surface area contributed by atoms with E-state index in [0.29, 0.717) is 18.1 Å². The molecule has 6 heteroatoms. The molecule has 0 atom stereocenters. The highest BCUT2D eigenvalue weighted by molar-refractivity contribution is 5.97. The van der Waals surface area contributed by atoms with Crippen LogP contribution in [-0.2, 0) is 6.54 Å². The van der Waals surface area contributed by atoms with E-state index in [4.69, 9.17) is 4.74 Å². The van der Waals surface area contributed by atoms with Gasteiger partial charge < -0.3 is 14.6 Å². The monoisotopic (exact) mass is 272 g/mol. The topological polar surface area (TPSA) is 69.0 Å². The Morgan fingerprint density at radius 3 is 2.95 bits per heavy atom. The zero-order valence-corrected chi connectivity index (χ0v) is 11.7. The Labute approximate surface area is 116 Å². The molecule has 3 heterocycles. The molecule has 0 fully saturated rings. The molecule has 0 saturated carbocycles. The number of nitrogens with one attached hydrogen (secondary N) is 1. The van der Waals surface area contributed by atoms with Crippen molar-refractivity contribution in [2.24, 2.45) is 0 Å². The summed E-state index contributed by atoms with van der Waals surface area (Å²) < 4.78 is 7.36. The molecular formula is C14H16N4O2. The summed E-state index contributed by atoms with van der Waals surface area (Å²) >= 11 is 0. The van der Waals surface area contributed by atoms with E-state index >= 15 is 0 Å². The minimum atomic E-state index is -0.122. The molecule has 0 unspecified atom stereocenters. The number of hydrogen-bond acceptors (Lipinski definition) is 4. The zero-order valence-electron chi connectivity index (χ0n) is 11.7. The number of hydrogen-bond donors (Lipinski definition) is 1. The van der Waals surface area contributed by atoms with Crippen molar-refractivity contribution in [3.8, 4) is 17.3 Å². The van der Waals surface area contributed by atoms with Crippen molar-refractivity contribution in [2.45, 2.75) is 26.4 Å². The second kappa shape index (κ2) is 4.63. The van der Waals surface area contributed by atoms with Crippen LogP contribution in [0, 0.1) is 0 Å². The van der Waals surface area contributed by atoms with E-state index in [-0.39, 0.29) is 11.9 Å². The second-order valence-corrected chi connectivity index (χ2v) is 4.94. The number of fused-ring (bicyclic) bond motifs is 1. The lowest BCUT2D eigenvalue weighted by Crippen LogP contribution is -2.16. The number of pyridine rings is 1. The highest BCUT2D eigenvalue weighted by Crippen LogP contribution is 2.32. The first-order valence-corrected chi connectivity index (χ1v) is 6.52. The van der Waals surface area contributed by atoms with Crippen LogP contribution < -0.4 is 10.1 Å². The van der Waals surface area contributed by atoms with E-state index in [0.717, 1.165) is 17.1 Å². The molecule has 2 aromatic rings. The van der Waals surface area contributed by atoms with Crippen LogP contribution in [0.2, 0.25) is 0 Å². The van der Waals surface area contributed by atoms with Crippen LogP contribution in [0.4, 0.5) is 0 Å². The summed E-state index contributed by atoms with van der Waals surface area (Å²) in [5.41, 5.74) is 2.22. The van der Waals surface area contributed by atoms with Crippen LogP contribution >= 0.6 is 0 Å². The van der Waals surface area contributed by atoms with E-state index in [9.17, 15) is 4.79 Å². The molecule has 0 bridgehead atoms. The third kappa shape index (κ3) is 1.76. The molecular weight excluding hydrogens is 256 g/mol. The Morgan fingerprint density at radius 1 is 1.45 bits per heavy atom. The Bertz CT molecular complexity index is 676. The largest absolute Gasteiger partial charge is 0.480 e. The van der Waals surface area contributed by atoms with Crippen LogP contribution in [0.3, 0.4) is 0 Å². The van der Waals surface area contributed by atoms with E-state index in [1.54, 1.807) is 13.3 Å². The first-order chi connectivity index (χ1) is 9.63. The number of amides is 1. The van der Waals surface area contributed by atoms with Gasteiger partial charge in [-0.3, -0.25) is 4.79 Å². The van der Waals surface area contributed by atoms with Crippen LogP contribution in [0.5, 0.6) is 5.88 Å². The van der Waals surface area contributed by atoms with Crippen molar-refractivity contribution >= 4 is 5.91 Å². The van der Waals surface area contributed by atoms with E-state index < -0.39 is 0 Å². The van der Waals surface area contributed by atoms with Crippen molar-refractivity contribution in [1.29, 1.82) is 0 Å². The fourth-order valence-corrected chi connectivity index (χ4v) is 2.53. The number of nitrogens with zero attached hydrogens (tertiary/aromatic N) is 3. The third-order valence-corrected chi connectivity index (χ3v) is 3.36. The van der Waals surface area contributed by atoms with Gasteiger partial charge in [-0.2, -0.15) is 0 Å². The van der Waals surface area contributed by atoms with Gasteiger partial charge in [0.1, 0.15) is 5.82 Å². The van der Waals surface area contributed by atoms with Crippen molar-refractivity contribution in [2.75, 3.05) is 7.11 Å². The number of imidazole rings is 1. The Hall–Kier alpha value is -2.37. The minimum Gasteiger partial charge on any atom is -0.480 e. The molecule has 104 valence electrons. The van der Waals surface area contributed by atoms with E-state index in [2.05, 4.69) is 33.7 Å². The number of aromatic nitrogens is 3. The average molecular weight is 272 g/mol. The molecule has 2 aromatic heterocycles. The summed E-state index contributed by atoms with van der Waals surface area (Å²) in [4.78, 5) is 20.5. The van der Waals surface area contributed by atoms with Crippen molar-refractivity contribution in [1.82, 2.24) is 19.9 Å². The van der Waals surface area contributed by atoms with Gasteiger partial charge in [0.25, 0.3) is 5.91 Å². The molecule has 1 aliphatic rings. The van der Waals surface area contributed by atoms with Gasteiger partial charge >= 0.3 is 0 Å². The first kappa shape index (κ1) is 12.7. The predicted molar refractivity (Wildman–Crippen MR) is 73.6 cm³/mol. The molecule has 1 amide bonds. The molecule has 6 nitrogen and oxygen atoms in total. The maximum absolute atomic E-state index is 11.8. The van der Waals surface area contributed by atoms with Crippen LogP contribution in [0.25, 0.3) is 11.4 Å². The van der Waals surface area contributed by atoms with Crippen LogP contribution in [-0.4, -0.2) is 27.6 Å². The maximum Gasteiger partial charge on any atom is 0.272 e. The average Bonchev–Trinajstić information content (AvgIpc) is 2.99. The number of carbonyl (C=O) groups excluding carboxylic acids is 1. The van der Waals surface area contributed by atoms with E-state index in [1.807, 2.05) is 12.1 Å². The molecule has 0 spiro atoms. The third-order valence-electron chi connectivity index (χ3n) is 3.36. The standard InChI is InChI=1S/C14H16N4O2/c1-8(2)18-10-7-16-13(19)11(10)17-12(18)9-5-4-6-15-14(9)20-3/h4-6,8H,7H2,1-3H3,(H,16,19). The minimum absolute atomic E-state index is 0.122. The van der Waals surface area contributed by atoms with E-state index in [1.165, 1.54) is 0 Å². The maximum atomic E-state index is 11.8. The summed E-state index contributed by atoms with van der Waals surface area (Å²) in [5, 5.41) is 2.80. The quantitative estimate of drug-likeness (QED) is 0.924. The zero-order chi connectivity index (χ0) is 14.3. The fourth-order valence-electron chi connectivity index (χ4n) is 2.53. The normalized spacial score (nSPS) is 13.5. The SMILES string of the molecule is COc1ncccc1-c1nc2c(n1C(C)C)CNC2=O. The van der Waals surface area contributed by atoms with Gasteiger partial charge in [0.05, 0.1) is 24.9 Å². The molecule has 3 rings (SSSR count). The Morgan fingerprint density at radius 2 is 2.25 bits per heavy atom. The predicted octanol–water partition coefficient (Wildman–Crippen LogP) is 1.78. The highest BCUT2D eigenvalue weighted by Gasteiger charge is 2.30. The van der Waals surface area contributed by atoms with Gasteiger partial charge in [0.15, 0.2) is 5.69 Å². The van der Waals surface area contributed by atoms with Gasteiger partial charge in [-0.05, 0) is 26.0 Å². The van der Waals surface area contributed by atoms with Gasteiger partial charge in [0, 0.05) is 12.2 Å². The molecule has 20 heavy (non-hydrogen) atoms. The Kier molecular flexibility index (Phi) is 2.93. The Balaban J connectivity index is 2.24. The molecule has 1 N–H and O–H groups in total. The lowest BCUT2D eigenvalue weighted by atomic mass is 10.2. The van der Waals surface area contributed by atoms with Gasteiger partial charge in [-0.25, -0.2) is 9.97 Å². The number of rotatable bonds is 3. The summed E-state index contributed by atoms with van der Waals surface area (Å²) in [6, 6.07) is 3.93. The summed E-state index contributed by atoms with van der Waals surface area (Å²) in [7, 11) is 1.58. The van der Waals surface area contributed by atoms with Gasteiger partial charge in [0.2, 0.25) is 5.88 Å². The summed E-state index contributed by atoms with van der Waals surface area (Å²) in [5.74, 6) is 1.12. The molecule has 0 aromatic carbocycles.